The summed E-state index contributed by atoms with van der Waals surface area (Å²) < 4.78 is 37.8. The number of halogens is 3. The Labute approximate surface area is 103 Å². The fourth-order valence-electron chi connectivity index (χ4n) is 1.83. The van der Waals surface area contributed by atoms with Crippen LogP contribution >= 0.6 is 0 Å². The van der Waals surface area contributed by atoms with Crippen molar-refractivity contribution >= 4 is 11.5 Å². The van der Waals surface area contributed by atoms with Crippen LogP contribution in [0.5, 0.6) is 0 Å². The average Bonchev–Trinajstić information content (AvgIpc) is 2.77. The van der Waals surface area contributed by atoms with Crippen LogP contribution in [0.4, 0.5) is 18.9 Å². The fraction of sp³-hybridized carbons (Fsp3) is 0.417. The lowest BCUT2D eigenvalue weighted by molar-refractivity contribution is -0.137. The van der Waals surface area contributed by atoms with Crippen LogP contribution in [0.3, 0.4) is 0 Å². The molecular weight excluding hydrogens is 243 g/mol. The molecule has 1 fully saturated rings. The minimum Gasteiger partial charge on any atom is -0.286 e. The van der Waals surface area contributed by atoms with Crippen molar-refractivity contribution in [1.82, 2.24) is 5.43 Å². The van der Waals surface area contributed by atoms with Crippen LogP contribution in [-0.4, -0.2) is 18.9 Å². The normalized spacial score (nSPS) is 18.2. The molecule has 0 bridgehead atoms. The van der Waals surface area contributed by atoms with Gasteiger partial charge in [-0.25, -0.2) is 0 Å². The molecule has 18 heavy (non-hydrogen) atoms. The lowest BCUT2D eigenvalue weighted by Gasteiger charge is -2.19. The summed E-state index contributed by atoms with van der Waals surface area (Å²) >= 11 is 0. The number of alkyl halides is 3. The Morgan fingerprint density at radius 2 is 2.17 bits per heavy atom. The number of nitrogens with one attached hydrogen (secondary N) is 1. The molecule has 98 valence electrons. The van der Waals surface area contributed by atoms with Gasteiger partial charge < -0.3 is 0 Å². The van der Waals surface area contributed by atoms with E-state index in [0.29, 0.717) is 18.8 Å². The van der Waals surface area contributed by atoms with Gasteiger partial charge in [-0.2, -0.15) is 13.2 Å². The number of benzene rings is 1. The number of hydrogen-bond acceptors (Lipinski definition) is 2. The second-order valence-corrected chi connectivity index (χ2v) is 3.98. The van der Waals surface area contributed by atoms with Crippen LogP contribution in [0.2, 0.25) is 0 Å². The fourth-order valence-corrected chi connectivity index (χ4v) is 1.83. The van der Waals surface area contributed by atoms with Crippen molar-refractivity contribution < 1.29 is 13.2 Å². The Kier molecular flexibility index (Phi) is 3.45. The number of hydrazine groups is 1. The van der Waals surface area contributed by atoms with E-state index in [0.717, 1.165) is 24.4 Å². The molecule has 1 aliphatic rings. The number of anilines is 1. The number of hydrogen-bond donors (Lipinski definition) is 1. The molecule has 0 unspecified atom stereocenters. The van der Waals surface area contributed by atoms with E-state index in [4.69, 9.17) is 0 Å². The van der Waals surface area contributed by atoms with E-state index in [1.54, 1.807) is 11.1 Å². The first-order valence-corrected chi connectivity index (χ1v) is 5.75. The molecule has 0 radical (unpaired) electrons. The molecule has 1 aromatic rings. The molecule has 0 atom stereocenters. The van der Waals surface area contributed by atoms with E-state index in [9.17, 15) is 13.2 Å². The predicted octanol–water partition coefficient (Wildman–Crippen LogP) is 2.84. The zero-order chi connectivity index (χ0) is 13.2. The Balaban J connectivity index is 2.18. The summed E-state index contributed by atoms with van der Waals surface area (Å²) in [6, 6.07) is 5.27. The van der Waals surface area contributed by atoms with E-state index < -0.39 is 11.7 Å². The average molecular weight is 257 g/mol. The van der Waals surface area contributed by atoms with Crippen LogP contribution in [-0.2, 0) is 6.18 Å². The molecule has 1 aromatic carbocycles. The maximum Gasteiger partial charge on any atom is 0.416 e. The van der Waals surface area contributed by atoms with Crippen LogP contribution < -0.4 is 10.4 Å². The first-order valence-electron chi connectivity index (χ1n) is 5.75. The maximum atomic E-state index is 12.6. The second-order valence-electron chi connectivity index (χ2n) is 3.98. The third kappa shape index (κ3) is 2.75. The number of aliphatic imine (C=N–C) groups is 1. The molecular formula is C12H14F3N3. The summed E-state index contributed by atoms with van der Waals surface area (Å²) in [5.74, 6) is 0.815. The van der Waals surface area contributed by atoms with Crippen molar-refractivity contribution in [3.8, 4) is 0 Å². The molecule has 3 nitrogen and oxygen atoms in total. The lowest BCUT2D eigenvalue weighted by atomic mass is 10.2. The molecule has 0 aromatic heterocycles. The molecule has 1 aliphatic heterocycles. The molecule has 0 amide bonds. The quantitative estimate of drug-likeness (QED) is 0.882. The molecule has 0 aliphatic carbocycles. The second kappa shape index (κ2) is 4.88. The van der Waals surface area contributed by atoms with Crippen molar-refractivity contribution in [2.75, 3.05) is 18.1 Å². The smallest absolute Gasteiger partial charge is 0.286 e. The first-order chi connectivity index (χ1) is 8.50. The van der Waals surface area contributed by atoms with Gasteiger partial charge in [0.25, 0.3) is 0 Å². The van der Waals surface area contributed by atoms with Crippen molar-refractivity contribution in [3.63, 3.8) is 0 Å². The van der Waals surface area contributed by atoms with Gasteiger partial charge in [-0.15, -0.1) is 0 Å². The minimum atomic E-state index is -4.31. The highest BCUT2D eigenvalue weighted by atomic mass is 19.4. The number of amidine groups is 1. The predicted molar refractivity (Wildman–Crippen MR) is 64.5 cm³/mol. The van der Waals surface area contributed by atoms with Gasteiger partial charge in [0.05, 0.1) is 11.3 Å². The van der Waals surface area contributed by atoms with Crippen LogP contribution in [0.1, 0.15) is 18.9 Å². The van der Waals surface area contributed by atoms with E-state index in [2.05, 4.69) is 10.4 Å². The van der Waals surface area contributed by atoms with Gasteiger partial charge in [0.15, 0.2) is 0 Å². The van der Waals surface area contributed by atoms with E-state index in [1.165, 1.54) is 6.07 Å². The van der Waals surface area contributed by atoms with Gasteiger partial charge in [-0.3, -0.25) is 15.4 Å². The van der Waals surface area contributed by atoms with E-state index in [1.807, 2.05) is 6.92 Å². The topological polar surface area (TPSA) is 27.6 Å². The van der Waals surface area contributed by atoms with Gasteiger partial charge in [0, 0.05) is 19.5 Å². The zero-order valence-electron chi connectivity index (χ0n) is 9.96. The molecule has 0 saturated carbocycles. The summed E-state index contributed by atoms with van der Waals surface area (Å²) in [5, 5.41) is 1.68. The van der Waals surface area contributed by atoms with Gasteiger partial charge in [0.1, 0.15) is 5.84 Å². The number of nitrogens with zero attached hydrogens (tertiary/aromatic N) is 2. The molecule has 0 spiro atoms. The first kappa shape index (κ1) is 12.7. The van der Waals surface area contributed by atoms with Crippen LogP contribution in [0, 0.1) is 0 Å². The monoisotopic (exact) mass is 257 g/mol. The summed E-state index contributed by atoms with van der Waals surface area (Å²) in [4.78, 5) is 4.21. The van der Waals surface area contributed by atoms with Gasteiger partial charge in [-0.05, 0) is 25.1 Å². The molecule has 1 heterocycles. The van der Waals surface area contributed by atoms with Gasteiger partial charge in [0.2, 0.25) is 0 Å². The minimum absolute atomic E-state index is 0.506. The standard InChI is InChI=1S/C12H14F3N3/c1-2-16-11-6-7-18(17-11)10-5-3-4-9(8-10)12(13,14)15/h3-5,8H,2,6-7H2,1H3,(H,16,17). The van der Waals surface area contributed by atoms with Crippen LogP contribution in [0.25, 0.3) is 0 Å². The van der Waals surface area contributed by atoms with Gasteiger partial charge in [-0.1, -0.05) is 6.07 Å². The van der Waals surface area contributed by atoms with Crippen molar-refractivity contribution in [3.05, 3.63) is 29.8 Å². The lowest BCUT2D eigenvalue weighted by Crippen LogP contribution is -2.33. The Morgan fingerprint density at radius 3 is 2.83 bits per heavy atom. The summed E-state index contributed by atoms with van der Waals surface area (Å²) in [6.07, 6.45) is -3.58. The van der Waals surface area contributed by atoms with E-state index in [-0.39, 0.29) is 0 Å². The van der Waals surface area contributed by atoms with Crippen molar-refractivity contribution in [2.24, 2.45) is 4.99 Å². The van der Waals surface area contributed by atoms with Crippen LogP contribution in [0.15, 0.2) is 29.3 Å². The highest BCUT2D eigenvalue weighted by Gasteiger charge is 2.31. The molecule has 1 N–H and O–H groups in total. The summed E-state index contributed by atoms with van der Waals surface area (Å²) in [5.41, 5.74) is 2.87. The van der Waals surface area contributed by atoms with E-state index >= 15 is 0 Å². The molecule has 1 saturated heterocycles. The Hall–Kier alpha value is -1.72. The third-order valence-electron chi connectivity index (χ3n) is 2.67. The SMILES string of the molecule is CCN=C1CCN(c2cccc(C(F)(F)F)c2)N1. The molecule has 2 rings (SSSR count). The molecule has 6 heteroatoms. The van der Waals surface area contributed by atoms with Crippen molar-refractivity contribution in [2.45, 2.75) is 19.5 Å². The van der Waals surface area contributed by atoms with Gasteiger partial charge >= 0.3 is 6.18 Å². The Morgan fingerprint density at radius 1 is 1.39 bits per heavy atom. The highest BCUT2D eigenvalue weighted by molar-refractivity contribution is 5.86. The summed E-state index contributed by atoms with van der Waals surface area (Å²) in [6.45, 7) is 3.21. The third-order valence-corrected chi connectivity index (χ3v) is 2.67. The maximum absolute atomic E-state index is 12.6. The summed E-state index contributed by atoms with van der Waals surface area (Å²) in [7, 11) is 0. The Bertz CT molecular complexity index is 454. The largest absolute Gasteiger partial charge is 0.416 e. The van der Waals surface area contributed by atoms with Crippen molar-refractivity contribution in [1.29, 1.82) is 0 Å². The highest BCUT2D eigenvalue weighted by Crippen LogP contribution is 2.31. The number of rotatable bonds is 2. The zero-order valence-corrected chi connectivity index (χ0v) is 9.96.